The molecule has 2 aromatic carbocycles. The number of methoxy groups -OCH3 is 1. The number of amides is 2. The molecule has 2 heterocycles. The fourth-order valence-corrected chi connectivity index (χ4v) is 2.76. The second-order valence-corrected chi connectivity index (χ2v) is 6.05. The molecule has 0 radical (unpaired) electrons. The van der Waals surface area contributed by atoms with Crippen LogP contribution in [0, 0.1) is 0 Å². The van der Waals surface area contributed by atoms with Crippen LogP contribution in [0.2, 0.25) is 0 Å². The molecule has 0 aliphatic carbocycles. The molecule has 2 N–H and O–H groups in total. The average molecular weight is 374 g/mol. The van der Waals surface area contributed by atoms with E-state index >= 15 is 0 Å². The molecule has 0 aliphatic heterocycles. The highest BCUT2D eigenvalue weighted by atomic mass is 16.5. The summed E-state index contributed by atoms with van der Waals surface area (Å²) in [6.45, 7) is 0.186. The van der Waals surface area contributed by atoms with Gasteiger partial charge in [-0.25, -0.2) is 14.8 Å². The molecule has 0 saturated carbocycles. The van der Waals surface area contributed by atoms with Gasteiger partial charge in [-0.2, -0.15) is 0 Å². The highest BCUT2D eigenvalue weighted by molar-refractivity contribution is 5.92. The van der Waals surface area contributed by atoms with E-state index in [2.05, 4.69) is 20.6 Å². The SMILES string of the molecule is COc1ccc2cc(NC(=O)NCc3ncc(-c4ccccc4)o3)ccc2n1. The standard InChI is InChI=1S/C21H18N4O3/c1-27-19-10-7-15-11-16(8-9-17(15)25-19)24-21(26)23-13-20-22-12-18(28-20)14-5-3-2-4-6-14/h2-12H,13H2,1H3,(H2,23,24,26). The topological polar surface area (TPSA) is 89.3 Å². The van der Waals surface area contributed by atoms with Gasteiger partial charge in [0.25, 0.3) is 0 Å². The van der Waals surface area contributed by atoms with Crippen LogP contribution in [0.15, 0.2) is 71.3 Å². The summed E-state index contributed by atoms with van der Waals surface area (Å²) < 4.78 is 10.8. The van der Waals surface area contributed by atoms with Gasteiger partial charge in [0.2, 0.25) is 11.8 Å². The van der Waals surface area contributed by atoms with Gasteiger partial charge >= 0.3 is 6.03 Å². The third-order valence-electron chi connectivity index (χ3n) is 4.14. The van der Waals surface area contributed by atoms with Crippen molar-refractivity contribution in [1.82, 2.24) is 15.3 Å². The van der Waals surface area contributed by atoms with Crippen LogP contribution in [0.25, 0.3) is 22.2 Å². The average Bonchev–Trinajstić information content (AvgIpc) is 3.22. The summed E-state index contributed by atoms with van der Waals surface area (Å²) in [5.74, 6) is 1.64. The normalized spacial score (nSPS) is 10.6. The predicted octanol–water partition coefficient (Wildman–Crippen LogP) is 4.22. The maximum Gasteiger partial charge on any atom is 0.319 e. The van der Waals surface area contributed by atoms with E-state index in [-0.39, 0.29) is 12.6 Å². The number of hydrogen-bond donors (Lipinski definition) is 2. The fourth-order valence-electron chi connectivity index (χ4n) is 2.76. The molecule has 2 amide bonds. The molecule has 0 bridgehead atoms. The van der Waals surface area contributed by atoms with Crippen molar-refractivity contribution in [2.75, 3.05) is 12.4 Å². The fraction of sp³-hybridized carbons (Fsp3) is 0.0952. The number of carbonyl (C=O) groups excluding carboxylic acids is 1. The van der Waals surface area contributed by atoms with Crippen molar-refractivity contribution in [1.29, 1.82) is 0 Å². The Hall–Kier alpha value is -3.87. The highest BCUT2D eigenvalue weighted by Crippen LogP contribution is 2.21. The zero-order valence-electron chi connectivity index (χ0n) is 15.2. The Bertz CT molecular complexity index is 1110. The number of benzene rings is 2. The lowest BCUT2D eigenvalue weighted by Gasteiger charge is -2.08. The molecular formula is C21H18N4O3. The van der Waals surface area contributed by atoms with Crippen LogP contribution in [-0.2, 0) is 6.54 Å². The Morgan fingerprint density at radius 2 is 1.96 bits per heavy atom. The van der Waals surface area contributed by atoms with Crippen molar-refractivity contribution in [3.05, 3.63) is 72.8 Å². The van der Waals surface area contributed by atoms with E-state index in [0.717, 1.165) is 16.5 Å². The Morgan fingerprint density at radius 1 is 1.11 bits per heavy atom. The maximum absolute atomic E-state index is 12.2. The molecule has 0 saturated heterocycles. The number of anilines is 1. The Kier molecular flexibility index (Phi) is 4.88. The molecule has 0 fully saturated rings. The lowest BCUT2D eigenvalue weighted by atomic mass is 10.2. The molecule has 4 aromatic rings. The van der Waals surface area contributed by atoms with Gasteiger partial charge < -0.3 is 19.8 Å². The number of nitrogens with zero attached hydrogens (tertiary/aromatic N) is 2. The van der Waals surface area contributed by atoms with Gasteiger partial charge in [0.1, 0.15) is 0 Å². The second kappa shape index (κ2) is 7.79. The quantitative estimate of drug-likeness (QED) is 0.546. The molecule has 0 spiro atoms. The summed E-state index contributed by atoms with van der Waals surface area (Å²) in [6, 6.07) is 18.5. The van der Waals surface area contributed by atoms with Crippen molar-refractivity contribution >= 4 is 22.6 Å². The third-order valence-corrected chi connectivity index (χ3v) is 4.14. The highest BCUT2D eigenvalue weighted by Gasteiger charge is 2.08. The minimum Gasteiger partial charge on any atom is -0.481 e. The van der Waals surface area contributed by atoms with Crippen LogP contribution >= 0.6 is 0 Å². The molecule has 0 aliphatic rings. The minimum absolute atomic E-state index is 0.186. The smallest absolute Gasteiger partial charge is 0.319 e. The Morgan fingerprint density at radius 3 is 2.79 bits per heavy atom. The van der Waals surface area contributed by atoms with E-state index in [4.69, 9.17) is 9.15 Å². The number of urea groups is 1. The first kappa shape index (κ1) is 17.5. The molecule has 2 aromatic heterocycles. The summed E-state index contributed by atoms with van der Waals surface area (Å²) in [5, 5.41) is 6.43. The van der Waals surface area contributed by atoms with Crippen LogP contribution in [0.1, 0.15) is 5.89 Å². The summed E-state index contributed by atoms with van der Waals surface area (Å²) in [4.78, 5) is 20.7. The van der Waals surface area contributed by atoms with E-state index in [9.17, 15) is 4.79 Å². The zero-order valence-corrected chi connectivity index (χ0v) is 15.2. The first-order chi connectivity index (χ1) is 13.7. The van der Waals surface area contributed by atoms with Crippen molar-refractivity contribution in [2.45, 2.75) is 6.54 Å². The molecular weight excluding hydrogens is 356 g/mol. The number of rotatable bonds is 5. The van der Waals surface area contributed by atoms with Crippen molar-refractivity contribution in [3.63, 3.8) is 0 Å². The molecule has 7 heteroatoms. The van der Waals surface area contributed by atoms with Gasteiger partial charge in [-0.1, -0.05) is 30.3 Å². The third kappa shape index (κ3) is 3.93. The summed E-state index contributed by atoms with van der Waals surface area (Å²) >= 11 is 0. The van der Waals surface area contributed by atoms with E-state index in [1.807, 2.05) is 48.5 Å². The number of hydrogen-bond acceptors (Lipinski definition) is 5. The lowest BCUT2D eigenvalue weighted by molar-refractivity contribution is 0.250. The monoisotopic (exact) mass is 374 g/mol. The van der Waals surface area contributed by atoms with Crippen LogP contribution in [0.5, 0.6) is 5.88 Å². The van der Waals surface area contributed by atoms with Crippen LogP contribution < -0.4 is 15.4 Å². The van der Waals surface area contributed by atoms with E-state index in [0.29, 0.717) is 23.2 Å². The van der Waals surface area contributed by atoms with E-state index in [1.165, 1.54) is 0 Å². The minimum atomic E-state index is -0.347. The molecule has 28 heavy (non-hydrogen) atoms. The summed E-state index contributed by atoms with van der Waals surface area (Å²) in [6.07, 6.45) is 1.65. The van der Waals surface area contributed by atoms with Crippen LogP contribution in [-0.4, -0.2) is 23.1 Å². The Balaban J connectivity index is 1.37. The Labute approximate surface area is 161 Å². The van der Waals surface area contributed by atoms with Gasteiger partial charge in [-0.15, -0.1) is 0 Å². The number of nitrogens with one attached hydrogen (secondary N) is 2. The first-order valence-corrected chi connectivity index (χ1v) is 8.71. The van der Waals surface area contributed by atoms with Gasteiger partial charge in [-0.3, -0.25) is 0 Å². The molecule has 7 nitrogen and oxygen atoms in total. The van der Waals surface area contributed by atoms with Crippen LogP contribution in [0.4, 0.5) is 10.5 Å². The number of oxazole rings is 1. The van der Waals surface area contributed by atoms with Gasteiger partial charge in [-0.05, 0) is 24.3 Å². The van der Waals surface area contributed by atoms with Gasteiger partial charge in [0.05, 0.1) is 25.4 Å². The lowest BCUT2D eigenvalue weighted by Crippen LogP contribution is -2.28. The molecule has 4 rings (SSSR count). The van der Waals surface area contributed by atoms with E-state index in [1.54, 1.807) is 25.4 Å². The first-order valence-electron chi connectivity index (χ1n) is 8.71. The molecule has 140 valence electrons. The number of pyridine rings is 1. The number of fused-ring (bicyclic) bond motifs is 1. The van der Waals surface area contributed by atoms with Crippen LogP contribution in [0.3, 0.4) is 0 Å². The number of aromatic nitrogens is 2. The second-order valence-electron chi connectivity index (χ2n) is 6.05. The summed E-state index contributed by atoms with van der Waals surface area (Å²) in [5.41, 5.74) is 2.39. The molecule has 0 unspecified atom stereocenters. The van der Waals surface area contributed by atoms with Crippen molar-refractivity contribution in [3.8, 4) is 17.2 Å². The van der Waals surface area contributed by atoms with Crippen molar-refractivity contribution < 1.29 is 13.9 Å². The largest absolute Gasteiger partial charge is 0.481 e. The zero-order chi connectivity index (χ0) is 19.3. The summed E-state index contributed by atoms with van der Waals surface area (Å²) in [7, 11) is 1.57. The number of ether oxygens (including phenoxy) is 1. The van der Waals surface area contributed by atoms with E-state index < -0.39 is 0 Å². The van der Waals surface area contributed by atoms with Gasteiger partial charge in [0, 0.05) is 22.7 Å². The van der Waals surface area contributed by atoms with Crippen molar-refractivity contribution in [2.24, 2.45) is 0 Å². The number of carbonyl (C=O) groups is 1. The molecule has 0 atom stereocenters. The predicted molar refractivity (Wildman–Crippen MR) is 106 cm³/mol. The van der Waals surface area contributed by atoms with Gasteiger partial charge in [0.15, 0.2) is 5.76 Å². The maximum atomic E-state index is 12.2.